The third kappa shape index (κ3) is 3.08. The number of allylic oxidation sites excluding steroid dienone is 3. The van der Waals surface area contributed by atoms with Crippen LogP contribution in [0.3, 0.4) is 0 Å². The van der Waals surface area contributed by atoms with Crippen molar-refractivity contribution in [1.29, 1.82) is 0 Å². The van der Waals surface area contributed by atoms with E-state index in [1.807, 2.05) is 5.47 Å². The number of fused-ring (bicyclic) bond motifs is 5. The van der Waals surface area contributed by atoms with Gasteiger partial charge in [0.2, 0.25) is 0 Å². The van der Waals surface area contributed by atoms with E-state index in [0.717, 1.165) is 30.5 Å². The Kier molecular flexibility index (Phi) is 5.45. The van der Waals surface area contributed by atoms with Crippen LogP contribution in [-0.2, 0) is 0 Å². The SMILES string of the molecule is CC1=CC2C3B(C4=CC=CCC4N2C2CCCCC2)C2C=CCC4C2N(C3C1)C(C)(C)C41CCCCC1. The predicted molar refractivity (Wildman–Crippen MR) is 156 cm³/mol. The summed E-state index contributed by atoms with van der Waals surface area (Å²) in [6.07, 6.45) is 34.1. The summed E-state index contributed by atoms with van der Waals surface area (Å²) in [7, 11) is 0. The molecule has 2 saturated carbocycles. The molecule has 0 N–H and O–H groups in total. The summed E-state index contributed by atoms with van der Waals surface area (Å²) in [5.74, 6) is 2.32. The number of hydrogen-bond acceptors (Lipinski definition) is 2. The van der Waals surface area contributed by atoms with Crippen molar-refractivity contribution in [2.75, 3.05) is 0 Å². The molecular weight excluding hydrogens is 447 g/mol. The highest BCUT2D eigenvalue weighted by atomic mass is 15.3. The first-order valence-corrected chi connectivity index (χ1v) is 16.3. The summed E-state index contributed by atoms with van der Waals surface area (Å²) in [5.41, 5.74) is 4.34. The maximum absolute atomic E-state index is 3.24. The van der Waals surface area contributed by atoms with Crippen molar-refractivity contribution >= 4 is 6.71 Å². The lowest BCUT2D eigenvalue weighted by Crippen LogP contribution is -2.72. The molecule has 1 spiro atoms. The van der Waals surface area contributed by atoms with E-state index < -0.39 is 0 Å². The summed E-state index contributed by atoms with van der Waals surface area (Å²) in [6, 6.07) is 3.52. The van der Waals surface area contributed by atoms with Crippen molar-refractivity contribution in [2.45, 2.75) is 152 Å². The van der Waals surface area contributed by atoms with Gasteiger partial charge in [0.25, 0.3) is 0 Å². The van der Waals surface area contributed by atoms with Crippen LogP contribution in [0.4, 0.5) is 0 Å². The van der Waals surface area contributed by atoms with Crippen molar-refractivity contribution < 1.29 is 0 Å². The van der Waals surface area contributed by atoms with Crippen LogP contribution < -0.4 is 0 Å². The molecule has 8 aliphatic rings. The fourth-order valence-corrected chi connectivity index (χ4v) is 12.3. The first-order valence-electron chi connectivity index (χ1n) is 16.3. The minimum atomic E-state index is 0.304. The van der Waals surface area contributed by atoms with E-state index >= 15 is 0 Å². The average molecular weight is 497 g/mol. The molecule has 198 valence electrons. The van der Waals surface area contributed by atoms with Crippen molar-refractivity contribution in [3.05, 3.63) is 47.5 Å². The molecule has 8 rings (SSSR count). The van der Waals surface area contributed by atoms with Gasteiger partial charge in [0.05, 0.1) is 0 Å². The zero-order valence-corrected chi connectivity index (χ0v) is 23.7. The molecule has 5 fully saturated rings. The molecule has 0 amide bonds. The van der Waals surface area contributed by atoms with Crippen LogP contribution in [0.5, 0.6) is 0 Å². The molecule has 5 aliphatic carbocycles. The summed E-state index contributed by atoms with van der Waals surface area (Å²) in [5, 5.41) is 0. The molecule has 0 aromatic carbocycles. The minimum Gasteiger partial charge on any atom is -0.292 e. The largest absolute Gasteiger partial charge is 0.292 e. The Morgan fingerprint density at radius 2 is 1.73 bits per heavy atom. The maximum Gasteiger partial charge on any atom is 0.188 e. The lowest BCUT2D eigenvalue weighted by molar-refractivity contribution is -0.0276. The van der Waals surface area contributed by atoms with Crippen molar-refractivity contribution in [2.24, 2.45) is 11.3 Å². The smallest absolute Gasteiger partial charge is 0.188 e. The molecular formula is C34H49BN2. The highest BCUT2D eigenvalue weighted by molar-refractivity contribution is 6.72. The molecule has 7 unspecified atom stereocenters. The Morgan fingerprint density at radius 1 is 0.946 bits per heavy atom. The first-order chi connectivity index (χ1) is 18.0. The second-order valence-electron chi connectivity index (χ2n) is 15.0. The molecule has 7 atom stereocenters. The van der Waals surface area contributed by atoms with Gasteiger partial charge in [0.15, 0.2) is 6.71 Å². The van der Waals surface area contributed by atoms with Gasteiger partial charge in [0.1, 0.15) is 0 Å². The second-order valence-corrected chi connectivity index (χ2v) is 15.0. The molecule has 0 aromatic heterocycles. The van der Waals surface area contributed by atoms with Gasteiger partial charge < -0.3 is 0 Å². The van der Waals surface area contributed by atoms with E-state index in [2.05, 4.69) is 67.0 Å². The van der Waals surface area contributed by atoms with Crippen molar-refractivity contribution in [3.63, 3.8) is 0 Å². The van der Waals surface area contributed by atoms with Gasteiger partial charge in [-0.25, -0.2) is 0 Å². The molecule has 3 heteroatoms. The van der Waals surface area contributed by atoms with E-state index in [1.54, 1.807) is 5.57 Å². The molecule has 2 nitrogen and oxygen atoms in total. The fraction of sp³-hybridized carbons (Fsp3) is 0.765. The normalized spacial score (nSPS) is 44.2. The van der Waals surface area contributed by atoms with Crippen LogP contribution >= 0.6 is 0 Å². The van der Waals surface area contributed by atoms with Gasteiger partial charge in [-0.1, -0.05) is 86.0 Å². The van der Waals surface area contributed by atoms with Crippen LogP contribution in [0.25, 0.3) is 0 Å². The van der Waals surface area contributed by atoms with E-state index in [4.69, 9.17) is 0 Å². The summed E-state index contributed by atoms with van der Waals surface area (Å²) in [6.45, 7) is 8.65. The Labute approximate surface area is 226 Å². The molecule has 3 saturated heterocycles. The number of hydrogen-bond donors (Lipinski definition) is 0. The van der Waals surface area contributed by atoms with Gasteiger partial charge in [-0.2, -0.15) is 0 Å². The van der Waals surface area contributed by atoms with Crippen LogP contribution in [0, 0.1) is 11.3 Å². The van der Waals surface area contributed by atoms with Gasteiger partial charge in [0, 0.05) is 35.7 Å². The fourth-order valence-electron chi connectivity index (χ4n) is 12.3. The topological polar surface area (TPSA) is 6.48 Å². The third-order valence-electron chi connectivity index (χ3n) is 13.5. The maximum atomic E-state index is 3.24. The first kappa shape index (κ1) is 23.8. The van der Waals surface area contributed by atoms with Crippen molar-refractivity contribution in [3.8, 4) is 0 Å². The highest BCUT2D eigenvalue weighted by Gasteiger charge is 2.71. The lowest BCUT2D eigenvalue weighted by atomic mass is 9.21. The molecule has 0 bridgehead atoms. The van der Waals surface area contributed by atoms with Gasteiger partial charge in [-0.3, -0.25) is 9.80 Å². The van der Waals surface area contributed by atoms with Crippen LogP contribution in [0.2, 0.25) is 11.6 Å². The Morgan fingerprint density at radius 3 is 2.54 bits per heavy atom. The molecule has 3 aliphatic heterocycles. The predicted octanol–water partition coefficient (Wildman–Crippen LogP) is 7.75. The van der Waals surface area contributed by atoms with E-state index in [-0.39, 0.29) is 0 Å². The van der Waals surface area contributed by atoms with Gasteiger partial charge in [-0.05, 0) is 88.7 Å². The molecule has 37 heavy (non-hydrogen) atoms. The summed E-state index contributed by atoms with van der Waals surface area (Å²) >= 11 is 0. The Balaban J connectivity index is 1.31. The third-order valence-corrected chi connectivity index (χ3v) is 13.5. The summed E-state index contributed by atoms with van der Waals surface area (Å²) in [4.78, 5) is 6.36. The van der Waals surface area contributed by atoms with Crippen molar-refractivity contribution in [1.82, 2.24) is 9.80 Å². The quantitative estimate of drug-likeness (QED) is 0.270. The number of nitrogens with zero attached hydrogens (tertiary/aromatic N) is 2. The summed E-state index contributed by atoms with van der Waals surface area (Å²) < 4.78 is 0. The van der Waals surface area contributed by atoms with Gasteiger partial charge >= 0.3 is 0 Å². The van der Waals surface area contributed by atoms with E-state index in [1.165, 1.54) is 83.5 Å². The second kappa shape index (κ2) is 8.47. The molecule has 0 aromatic rings. The molecule has 3 heterocycles. The van der Waals surface area contributed by atoms with Crippen LogP contribution in [-0.4, -0.2) is 52.3 Å². The van der Waals surface area contributed by atoms with E-state index in [0.29, 0.717) is 34.9 Å². The van der Waals surface area contributed by atoms with Gasteiger partial charge in [-0.15, -0.1) is 0 Å². The van der Waals surface area contributed by atoms with Crippen LogP contribution in [0.15, 0.2) is 47.5 Å². The number of rotatable bonds is 1. The zero-order valence-electron chi connectivity index (χ0n) is 23.7. The highest BCUT2D eigenvalue weighted by Crippen LogP contribution is 2.69. The minimum absolute atomic E-state index is 0.304. The zero-order chi connectivity index (χ0) is 24.9. The molecule has 0 radical (unpaired) electrons. The Bertz CT molecular complexity index is 1050. The van der Waals surface area contributed by atoms with Crippen LogP contribution in [0.1, 0.15) is 104 Å². The average Bonchev–Trinajstić information content (AvgIpc) is 3.11. The van der Waals surface area contributed by atoms with E-state index in [9.17, 15) is 0 Å². The Hall–Kier alpha value is -1.06. The monoisotopic (exact) mass is 496 g/mol. The standard InChI is InChI=1S/C34H49BN2/c1-23-21-29-31-30(22-23)37-32-25(34(33(37,2)3)19-10-5-11-20-34)15-12-17-27(32)35(31)26-16-8-9-18-28(26)36(29)24-13-6-4-7-14-24/h8-9,12,16-17,21,24-25,27-32H,4-7,10-11,13-15,18-20,22H2,1-3H3. The lowest BCUT2D eigenvalue weighted by Gasteiger charge is -2.65.